The second-order valence-electron chi connectivity index (χ2n) is 4.44. The second kappa shape index (κ2) is 6.81. The quantitative estimate of drug-likeness (QED) is 0.910. The van der Waals surface area contributed by atoms with Gasteiger partial charge in [0, 0.05) is 16.9 Å². The van der Waals surface area contributed by atoms with Crippen molar-refractivity contribution in [3.63, 3.8) is 0 Å². The van der Waals surface area contributed by atoms with Crippen molar-refractivity contribution in [1.82, 2.24) is 15.3 Å². The number of nitrogens with one attached hydrogen (secondary N) is 1. The summed E-state index contributed by atoms with van der Waals surface area (Å²) in [6.45, 7) is 4.99. The lowest BCUT2D eigenvalue weighted by atomic mass is 9.98. The lowest BCUT2D eigenvalue weighted by Crippen LogP contribution is -2.24. The van der Waals surface area contributed by atoms with Crippen molar-refractivity contribution in [1.29, 1.82) is 0 Å². The predicted octanol–water partition coefficient (Wildman–Crippen LogP) is 3.26. The van der Waals surface area contributed by atoms with Crippen molar-refractivity contribution in [2.24, 2.45) is 0 Å². The highest BCUT2D eigenvalue weighted by molar-refractivity contribution is 9.10. The Morgan fingerprint density at radius 1 is 1.30 bits per heavy atom. The minimum atomic E-state index is -0.0406. The van der Waals surface area contributed by atoms with Crippen LogP contribution in [0.3, 0.4) is 0 Å². The number of rotatable bonds is 5. The molecule has 2 aromatic rings. The van der Waals surface area contributed by atoms with Gasteiger partial charge in [0.15, 0.2) is 0 Å². The monoisotopic (exact) mass is 335 g/mol. The van der Waals surface area contributed by atoms with Gasteiger partial charge in [0.2, 0.25) is 5.88 Å². The fourth-order valence-electron chi connectivity index (χ4n) is 2.17. The first-order chi connectivity index (χ1) is 9.67. The molecule has 0 aliphatic heterocycles. The summed E-state index contributed by atoms with van der Waals surface area (Å²) in [6, 6.07) is 6.19. The van der Waals surface area contributed by atoms with Gasteiger partial charge in [-0.15, -0.1) is 0 Å². The fourth-order valence-corrected chi connectivity index (χ4v) is 2.55. The first-order valence-electron chi connectivity index (χ1n) is 6.51. The summed E-state index contributed by atoms with van der Waals surface area (Å²) >= 11 is 3.53. The van der Waals surface area contributed by atoms with Crippen LogP contribution in [0.25, 0.3) is 0 Å². The van der Waals surface area contributed by atoms with Gasteiger partial charge in [-0.3, -0.25) is 4.98 Å². The van der Waals surface area contributed by atoms with Crippen LogP contribution in [0, 0.1) is 6.92 Å². The van der Waals surface area contributed by atoms with Crippen molar-refractivity contribution >= 4 is 15.9 Å². The lowest BCUT2D eigenvalue weighted by Gasteiger charge is -2.21. The van der Waals surface area contributed by atoms with Crippen molar-refractivity contribution in [3.05, 3.63) is 51.9 Å². The Morgan fingerprint density at radius 3 is 2.75 bits per heavy atom. The Balaban J connectivity index is 2.53. The predicted molar refractivity (Wildman–Crippen MR) is 83.0 cm³/mol. The minimum Gasteiger partial charge on any atom is -0.480 e. The van der Waals surface area contributed by atoms with Crippen LogP contribution in [0.5, 0.6) is 5.88 Å². The van der Waals surface area contributed by atoms with E-state index < -0.39 is 0 Å². The highest BCUT2D eigenvalue weighted by Crippen LogP contribution is 2.30. The van der Waals surface area contributed by atoms with Gasteiger partial charge < -0.3 is 10.1 Å². The SMILES string of the molecule is CCNC(c1cc(Br)ccc1C)c1nccnc1OC. The molecule has 0 saturated heterocycles. The topological polar surface area (TPSA) is 47.0 Å². The van der Waals surface area contributed by atoms with Crippen molar-refractivity contribution in [3.8, 4) is 5.88 Å². The van der Waals surface area contributed by atoms with Crippen molar-refractivity contribution in [2.75, 3.05) is 13.7 Å². The maximum absolute atomic E-state index is 5.34. The molecule has 2 rings (SSSR count). The molecule has 4 nitrogen and oxygen atoms in total. The van der Waals surface area contributed by atoms with Gasteiger partial charge in [-0.1, -0.05) is 28.9 Å². The largest absolute Gasteiger partial charge is 0.480 e. The van der Waals surface area contributed by atoms with Gasteiger partial charge in [-0.05, 0) is 36.7 Å². The number of hydrogen-bond acceptors (Lipinski definition) is 4. The molecule has 106 valence electrons. The molecular formula is C15H18BrN3O. The minimum absolute atomic E-state index is 0.0406. The number of aryl methyl sites for hydroxylation is 1. The van der Waals surface area contributed by atoms with Crippen LogP contribution < -0.4 is 10.1 Å². The number of ether oxygens (including phenoxy) is 1. The Hall–Kier alpha value is -1.46. The van der Waals surface area contributed by atoms with Crippen LogP contribution in [0.1, 0.15) is 29.8 Å². The summed E-state index contributed by atoms with van der Waals surface area (Å²) in [4.78, 5) is 8.69. The van der Waals surface area contributed by atoms with Gasteiger partial charge in [0.25, 0.3) is 0 Å². The molecule has 0 aliphatic carbocycles. The molecule has 0 radical (unpaired) electrons. The molecule has 1 heterocycles. The third-order valence-electron chi connectivity index (χ3n) is 3.12. The normalized spacial score (nSPS) is 12.2. The Bertz CT molecular complexity index is 589. The third-order valence-corrected chi connectivity index (χ3v) is 3.61. The second-order valence-corrected chi connectivity index (χ2v) is 5.36. The Kier molecular flexibility index (Phi) is 5.09. The van der Waals surface area contributed by atoms with Crippen molar-refractivity contribution < 1.29 is 4.74 Å². The van der Waals surface area contributed by atoms with Crippen LogP contribution in [0.15, 0.2) is 35.1 Å². The Labute approximate surface area is 127 Å². The molecule has 5 heteroatoms. The molecule has 0 saturated carbocycles. The summed E-state index contributed by atoms with van der Waals surface area (Å²) in [6.07, 6.45) is 3.33. The number of nitrogens with zero attached hydrogens (tertiary/aromatic N) is 2. The van der Waals surface area contributed by atoms with E-state index >= 15 is 0 Å². The van der Waals surface area contributed by atoms with Gasteiger partial charge in [-0.25, -0.2) is 4.98 Å². The summed E-state index contributed by atoms with van der Waals surface area (Å²) in [7, 11) is 1.62. The summed E-state index contributed by atoms with van der Waals surface area (Å²) in [5.41, 5.74) is 3.17. The number of methoxy groups -OCH3 is 1. The number of aromatic nitrogens is 2. The summed E-state index contributed by atoms with van der Waals surface area (Å²) in [5.74, 6) is 0.554. The van der Waals surface area contributed by atoms with E-state index in [1.165, 1.54) is 11.1 Å². The van der Waals surface area contributed by atoms with Gasteiger partial charge in [0.05, 0.1) is 13.2 Å². The first kappa shape index (κ1) is 14.9. The number of hydrogen-bond donors (Lipinski definition) is 1. The molecular weight excluding hydrogens is 318 g/mol. The van der Waals surface area contributed by atoms with Gasteiger partial charge >= 0.3 is 0 Å². The van der Waals surface area contributed by atoms with Crippen molar-refractivity contribution in [2.45, 2.75) is 19.9 Å². The molecule has 0 aliphatic rings. The Morgan fingerprint density at radius 2 is 2.05 bits per heavy atom. The molecule has 0 bridgehead atoms. The van der Waals surface area contributed by atoms with E-state index in [0.29, 0.717) is 5.88 Å². The van der Waals surface area contributed by atoms with E-state index in [0.717, 1.165) is 16.7 Å². The van der Waals surface area contributed by atoms with Crippen LogP contribution >= 0.6 is 15.9 Å². The molecule has 1 aromatic carbocycles. The maximum atomic E-state index is 5.34. The molecule has 20 heavy (non-hydrogen) atoms. The highest BCUT2D eigenvalue weighted by atomic mass is 79.9. The molecule has 1 atom stereocenters. The smallest absolute Gasteiger partial charge is 0.237 e. The first-order valence-corrected chi connectivity index (χ1v) is 7.31. The molecule has 0 fully saturated rings. The zero-order valence-electron chi connectivity index (χ0n) is 11.9. The third kappa shape index (κ3) is 3.16. The molecule has 0 amide bonds. The van der Waals surface area contributed by atoms with E-state index in [4.69, 9.17) is 4.74 Å². The maximum Gasteiger partial charge on any atom is 0.237 e. The van der Waals surface area contributed by atoms with E-state index in [9.17, 15) is 0 Å². The van der Waals surface area contributed by atoms with Gasteiger partial charge in [0.1, 0.15) is 5.69 Å². The zero-order valence-corrected chi connectivity index (χ0v) is 13.4. The average molecular weight is 336 g/mol. The van der Waals surface area contributed by atoms with Gasteiger partial charge in [-0.2, -0.15) is 0 Å². The fraction of sp³-hybridized carbons (Fsp3) is 0.333. The van der Waals surface area contributed by atoms with E-state index in [1.807, 2.05) is 6.07 Å². The summed E-state index contributed by atoms with van der Waals surface area (Å²) in [5, 5.41) is 3.45. The molecule has 1 aromatic heterocycles. The van der Waals surface area contributed by atoms with Crippen LogP contribution in [-0.4, -0.2) is 23.6 Å². The highest BCUT2D eigenvalue weighted by Gasteiger charge is 2.21. The number of benzene rings is 1. The van der Waals surface area contributed by atoms with Crippen LogP contribution in [0.2, 0.25) is 0 Å². The molecule has 1 N–H and O–H groups in total. The molecule has 0 spiro atoms. The molecule has 1 unspecified atom stereocenters. The van der Waals surface area contributed by atoms with E-state index in [1.54, 1.807) is 19.5 Å². The standard InChI is InChI=1S/C15H18BrN3O/c1-4-17-13(12-9-11(16)6-5-10(12)2)14-15(20-3)19-8-7-18-14/h5-9,13,17H,4H2,1-3H3. The van der Waals surface area contributed by atoms with E-state index in [2.05, 4.69) is 57.2 Å². The number of halogens is 1. The van der Waals surface area contributed by atoms with E-state index in [-0.39, 0.29) is 6.04 Å². The zero-order chi connectivity index (χ0) is 14.5. The van der Waals surface area contributed by atoms with Crippen LogP contribution in [0.4, 0.5) is 0 Å². The lowest BCUT2D eigenvalue weighted by molar-refractivity contribution is 0.383. The van der Waals surface area contributed by atoms with Crippen LogP contribution in [-0.2, 0) is 0 Å². The average Bonchev–Trinajstić information content (AvgIpc) is 2.47. The summed E-state index contributed by atoms with van der Waals surface area (Å²) < 4.78 is 6.38.